The lowest BCUT2D eigenvalue weighted by Crippen LogP contribution is -2.15. The summed E-state index contributed by atoms with van der Waals surface area (Å²) in [7, 11) is 0. The Labute approximate surface area is 210 Å². The molecule has 9 heteroatoms. The van der Waals surface area contributed by atoms with Gasteiger partial charge in [0.2, 0.25) is 0 Å². The zero-order chi connectivity index (χ0) is 24.7. The van der Waals surface area contributed by atoms with Crippen molar-refractivity contribution in [1.82, 2.24) is 0 Å². The lowest BCUT2D eigenvalue weighted by molar-refractivity contribution is -0.384. The number of nitro groups is 1. The van der Waals surface area contributed by atoms with Crippen molar-refractivity contribution in [2.45, 2.75) is 20.5 Å². The van der Waals surface area contributed by atoms with Crippen LogP contribution in [0.25, 0.3) is 0 Å². The third kappa shape index (κ3) is 6.53. The smallest absolute Gasteiger partial charge is 0.338 e. The van der Waals surface area contributed by atoms with E-state index in [9.17, 15) is 19.7 Å². The Hall–Kier alpha value is -3.47. The highest BCUT2D eigenvalue weighted by molar-refractivity contribution is 14.1. The second-order valence-corrected chi connectivity index (χ2v) is 8.46. The number of carbonyl (C=O) groups excluding carboxylic acids is 2. The molecule has 0 aromatic heterocycles. The van der Waals surface area contributed by atoms with E-state index >= 15 is 0 Å². The molecule has 0 saturated carbocycles. The van der Waals surface area contributed by atoms with Crippen LogP contribution in [0.2, 0.25) is 0 Å². The predicted molar refractivity (Wildman–Crippen MR) is 134 cm³/mol. The monoisotopic (exact) mass is 575 g/mol. The Morgan fingerprint density at radius 1 is 0.971 bits per heavy atom. The molecule has 0 unspecified atom stereocenters. The number of hydrogen-bond donors (Lipinski definition) is 0. The average Bonchev–Trinajstić information content (AvgIpc) is 2.83. The first-order chi connectivity index (χ1) is 16.3. The molecule has 0 heterocycles. The van der Waals surface area contributed by atoms with E-state index in [0.717, 1.165) is 11.1 Å². The highest BCUT2D eigenvalue weighted by Gasteiger charge is 2.19. The van der Waals surface area contributed by atoms with Crippen molar-refractivity contribution in [1.29, 1.82) is 0 Å². The second kappa shape index (κ2) is 11.6. The number of non-ortho nitro benzene ring substituents is 1. The Morgan fingerprint density at radius 3 is 2.26 bits per heavy atom. The molecule has 0 aliphatic rings. The van der Waals surface area contributed by atoms with Gasteiger partial charge in [0.15, 0.2) is 23.9 Å². The van der Waals surface area contributed by atoms with Crippen molar-refractivity contribution in [3.8, 4) is 11.5 Å². The van der Waals surface area contributed by atoms with Crippen LogP contribution in [-0.4, -0.2) is 29.9 Å². The molecule has 34 heavy (non-hydrogen) atoms. The van der Waals surface area contributed by atoms with E-state index in [2.05, 4.69) is 22.6 Å². The minimum absolute atomic E-state index is 0.128. The average molecular weight is 575 g/mol. The number of benzene rings is 3. The van der Waals surface area contributed by atoms with Gasteiger partial charge >= 0.3 is 5.97 Å². The molecule has 0 bridgehead atoms. The van der Waals surface area contributed by atoms with Gasteiger partial charge in [0, 0.05) is 17.7 Å². The third-order valence-corrected chi connectivity index (χ3v) is 5.58. The van der Waals surface area contributed by atoms with Gasteiger partial charge in [0.1, 0.15) is 6.61 Å². The van der Waals surface area contributed by atoms with Gasteiger partial charge in [-0.3, -0.25) is 14.9 Å². The summed E-state index contributed by atoms with van der Waals surface area (Å²) >= 11 is 2.06. The van der Waals surface area contributed by atoms with Crippen LogP contribution in [0.15, 0.2) is 60.7 Å². The van der Waals surface area contributed by atoms with Gasteiger partial charge in [0.25, 0.3) is 5.69 Å². The van der Waals surface area contributed by atoms with E-state index in [0.29, 0.717) is 28.3 Å². The molecule has 3 aromatic carbocycles. The van der Waals surface area contributed by atoms with Gasteiger partial charge in [0.05, 0.1) is 20.7 Å². The normalized spacial score (nSPS) is 10.4. The largest absolute Gasteiger partial charge is 0.490 e. The number of aryl methyl sites for hydroxylation is 1. The fourth-order valence-corrected chi connectivity index (χ4v) is 3.75. The standard InChI is InChI=1S/C25H22INO7/c1-3-32-23-13-19(12-21(26)24(23)33-14-17-6-4-16(2)5-7-17)25(29)34-15-22(28)18-8-10-20(11-9-18)27(30)31/h4-13H,3,14-15H2,1-2H3. The molecule has 0 amide bonds. The van der Waals surface area contributed by atoms with Crippen LogP contribution < -0.4 is 9.47 Å². The number of ether oxygens (including phenoxy) is 3. The number of rotatable bonds is 10. The zero-order valence-corrected chi connectivity index (χ0v) is 20.7. The topological polar surface area (TPSA) is 105 Å². The first kappa shape index (κ1) is 25.2. The molecule has 3 rings (SSSR count). The fourth-order valence-electron chi connectivity index (χ4n) is 3.00. The van der Waals surface area contributed by atoms with Gasteiger partial charge in [-0.05, 0) is 66.3 Å². The molecule has 0 aliphatic carbocycles. The number of nitro benzene ring substituents is 1. The molecule has 0 spiro atoms. The molecule has 176 valence electrons. The molecule has 0 fully saturated rings. The van der Waals surface area contributed by atoms with Crippen molar-refractivity contribution < 1.29 is 28.7 Å². The van der Waals surface area contributed by atoms with Crippen molar-refractivity contribution in [2.75, 3.05) is 13.2 Å². The highest BCUT2D eigenvalue weighted by Crippen LogP contribution is 2.35. The lowest BCUT2D eigenvalue weighted by Gasteiger charge is -2.15. The van der Waals surface area contributed by atoms with Crippen LogP contribution >= 0.6 is 22.6 Å². The minimum atomic E-state index is -0.695. The molecule has 0 atom stereocenters. The quantitative estimate of drug-likeness (QED) is 0.103. The number of esters is 1. The number of Topliss-reactive ketones (excluding diaryl/α,β-unsaturated/α-hetero) is 1. The molecule has 0 aliphatic heterocycles. The van der Waals surface area contributed by atoms with E-state index < -0.39 is 23.3 Å². The van der Waals surface area contributed by atoms with Crippen molar-refractivity contribution in [2.24, 2.45) is 0 Å². The van der Waals surface area contributed by atoms with E-state index in [4.69, 9.17) is 14.2 Å². The first-order valence-electron chi connectivity index (χ1n) is 10.4. The molecule has 0 radical (unpaired) electrons. The van der Waals surface area contributed by atoms with Gasteiger partial charge in [-0.1, -0.05) is 29.8 Å². The SMILES string of the molecule is CCOc1cc(C(=O)OCC(=O)c2ccc([N+](=O)[O-])cc2)cc(I)c1OCc1ccc(C)cc1. The Bertz CT molecular complexity index is 1190. The van der Waals surface area contributed by atoms with Gasteiger partial charge < -0.3 is 14.2 Å². The summed E-state index contributed by atoms with van der Waals surface area (Å²) in [4.78, 5) is 35.1. The van der Waals surface area contributed by atoms with Crippen LogP contribution in [0.1, 0.15) is 38.8 Å². The maximum absolute atomic E-state index is 12.6. The molecule has 0 N–H and O–H groups in total. The summed E-state index contributed by atoms with van der Waals surface area (Å²) in [6.07, 6.45) is 0. The van der Waals surface area contributed by atoms with Gasteiger partial charge in [-0.2, -0.15) is 0 Å². The summed E-state index contributed by atoms with van der Waals surface area (Å²) in [6.45, 7) is 4.05. The molecule has 8 nitrogen and oxygen atoms in total. The lowest BCUT2D eigenvalue weighted by atomic mass is 10.1. The third-order valence-electron chi connectivity index (χ3n) is 4.78. The van der Waals surface area contributed by atoms with Crippen LogP contribution in [-0.2, 0) is 11.3 Å². The Kier molecular flexibility index (Phi) is 8.58. The van der Waals surface area contributed by atoms with Gasteiger partial charge in [-0.25, -0.2) is 4.79 Å². The second-order valence-electron chi connectivity index (χ2n) is 7.30. The number of nitrogens with zero attached hydrogens (tertiary/aromatic N) is 1. The number of halogens is 1. The van der Waals surface area contributed by atoms with E-state index in [-0.39, 0.29) is 16.8 Å². The molecular formula is C25H22INO7. The van der Waals surface area contributed by atoms with E-state index in [1.807, 2.05) is 38.1 Å². The number of hydrogen-bond acceptors (Lipinski definition) is 7. The molecule has 0 saturated heterocycles. The Balaban J connectivity index is 1.69. The summed E-state index contributed by atoms with van der Waals surface area (Å²) in [5, 5.41) is 10.7. The van der Waals surface area contributed by atoms with E-state index in [1.54, 1.807) is 6.07 Å². The predicted octanol–water partition coefficient (Wildman–Crippen LogP) is 5.53. The summed E-state index contributed by atoms with van der Waals surface area (Å²) in [5.74, 6) is -0.253. The summed E-state index contributed by atoms with van der Waals surface area (Å²) < 4.78 is 17.5. The first-order valence-corrected chi connectivity index (χ1v) is 11.5. The number of ketones is 1. The van der Waals surface area contributed by atoms with Crippen molar-refractivity contribution in [3.05, 3.63) is 96.6 Å². The zero-order valence-electron chi connectivity index (χ0n) is 18.6. The van der Waals surface area contributed by atoms with E-state index in [1.165, 1.54) is 30.3 Å². The molecular weight excluding hydrogens is 553 g/mol. The maximum atomic E-state index is 12.6. The van der Waals surface area contributed by atoms with Crippen LogP contribution in [0.3, 0.4) is 0 Å². The van der Waals surface area contributed by atoms with Crippen LogP contribution in [0.5, 0.6) is 11.5 Å². The minimum Gasteiger partial charge on any atom is -0.490 e. The van der Waals surface area contributed by atoms with Crippen LogP contribution in [0, 0.1) is 20.6 Å². The number of carbonyl (C=O) groups is 2. The van der Waals surface area contributed by atoms with Gasteiger partial charge in [-0.15, -0.1) is 0 Å². The van der Waals surface area contributed by atoms with Crippen molar-refractivity contribution >= 4 is 40.0 Å². The summed E-state index contributed by atoms with van der Waals surface area (Å²) in [5.41, 5.74) is 2.45. The Morgan fingerprint density at radius 2 is 1.65 bits per heavy atom. The summed E-state index contributed by atoms with van der Waals surface area (Å²) in [6, 6.07) is 16.2. The van der Waals surface area contributed by atoms with Crippen molar-refractivity contribution in [3.63, 3.8) is 0 Å². The molecule has 3 aromatic rings. The fraction of sp³-hybridized carbons (Fsp3) is 0.200. The highest BCUT2D eigenvalue weighted by atomic mass is 127. The maximum Gasteiger partial charge on any atom is 0.338 e. The van der Waals surface area contributed by atoms with Crippen LogP contribution in [0.4, 0.5) is 5.69 Å².